The molecule has 166 valence electrons. The Bertz CT molecular complexity index is 1020. The number of carbonyl (C=O) groups is 1. The summed E-state index contributed by atoms with van der Waals surface area (Å²) in [7, 11) is 0. The molecule has 0 bridgehead atoms. The van der Waals surface area contributed by atoms with E-state index in [4.69, 9.17) is 14.5 Å². The first-order chi connectivity index (χ1) is 15.7. The van der Waals surface area contributed by atoms with E-state index < -0.39 is 0 Å². The van der Waals surface area contributed by atoms with Crippen LogP contribution in [0.1, 0.15) is 36.6 Å². The van der Waals surface area contributed by atoms with E-state index in [1.165, 1.54) is 11.3 Å². The van der Waals surface area contributed by atoms with Crippen molar-refractivity contribution in [3.63, 3.8) is 0 Å². The highest BCUT2D eigenvalue weighted by Crippen LogP contribution is 2.25. The summed E-state index contributed by atoms with van der Waals surface area (Å²) >= 11 is 0. The summed E-state index contributed by atoms with van der Waals surface area (Å²) in [4.78, 5) is 18.8. The SMILES string of the molecule is CCOC(=O)CCCN1CCc2nc(-c3ccc(OCc4ccccc4)cc3)ccc2C1. The second kappa shape index (κ2) is 10.9. The number of esters is 1. The molecule has 0 aliphatic carbocycles. The van der Waals surface area contributed by atoms with Gasteiger partial charge in [-0.05, 0) is 61.3 Å². The van der Waals surface area contributed by atoms with Crippen LogP contribution >= 0.6 is 0 Å². The van der Waals surface area contributed by atoms with Gasteiger partial charge >= 0.3 is 5.97 Å². The lowest BCUT2D eigenvalue weighted by Crippen LogP contribution is -2.32. The predicted molar refractivity (Wildman–Crippen MR) is 125 cm³/mol. The lowest BCUT2D eigenvalue weighted by Gasteiger charge is -2.28. The van der Waals surface area contributed by atoms with E-state index >= 15 is 0 Å². The maximum atomic E-state index is 11.5. The minimum Gasteiger partial charge on any atom is -0.489 e. The second-order valence-electron chi connectivity index (χ2n) is 8.04. The first kappa shape index (κ1) is 22.0. The number of pyridine rings is 1. The van der Waals surface area contributed by atoms with Gasteiger partial charge in [-0.1, -0.05) is 36.4 Å². The van der Waals surface area contributed by atoms with E-state index in [0.29, 0.717) is 19.6 Å². The van der Waals surface area contributed by atoms with Crippen molar-refractivity contribution in [1.29, 1.82) is 0 Å². The molecule has 4 rings (SSSR count). The fourth-order valence-corrected chi connectivity index (χ4v) is 3.97. The molecule has 1 aromatic heterocycles. The molecule has 0 N–H and O–H groups in total. The molecule has 1 aliphatic heterocycles. The number of aromatic nitrogens is 1. The summed E-state index contributed by atoms with van der Waals surface area (Å²) < 4.78 is 10.9. The van der Waals surface area contributed by atoms with Gasteiger partial charge in [0, 0.05) is 37.2 Å². The van der Waals surface area contributed by atoms with Gasteiger partial charge in [-0.25, -0.2) is 0 Å². The van der Waals surface area contributed by atoms with Crippen LogP contribution in [-0.2, 0) is 29.1 Å². The number of fused-ring (bicyclic) bond motifs is 1. The van der Waals surface area contributed by atoms with E-state index in [0.717, 1.165) is 55.0 Å². The van der Waals surface area contributed by atoms with Crippen LogP contribution in [0, 0.1) is 0 Å². The molecule has 2 heterocycles. The minimum atomic E-state index is -0.104. The van der Waals surface area contributed by atoms with Crippen LogP contribution < -0.4 is 4.74 Å². The maximum absolute atomic E-state index is 11.5. The predicted octanol–water partition coefficient (Wildman–Crippen LogP) is 5.03. The Kier molecular flexibility index (Phi) is 7.51. The summed E-state index contributed by atoms with van der Waals surface area (Å²) in [6.07, 6.45) is 2.25. The fraction of sp³-hybridized carbons (Fsp3) is 0.333. The summed E-state index contributed by atoms with van der Waals surface area (Å²) in [5, 5.41) is 0. The number of ether oxygens (including phenoxy) is 2. The Balaban J connectivity index is 1.32. The molecule has 1 aliphatic rings. The van der Waals surface area contributed by atoms with Gasteiger partial charge in [-0.2, -0.15) is 0 Å². The van der Waals surface area contributed by atoms with E-state index in [2.05, 4.69) is 41.3 Å². The van der Waals surface area contributed by atoms with Gasteiger partial charge in [-0.3, -0.25) is 14.7 Å². The van der Waals surface area contributed by atoms with Crippen molar-refractivity contribution in [2.75, 3.05) is 19.7 Å². The van der Waals surface area contributed by atoms with Gasteiger partial charge in [0.2, 0.25) is 0 Å². The average Bonchev–Trinajstić information content (AvgIpc) is 2.83. The van der Waals surface area contributed by atoms with Crippen molar-refractivity contribution in [1.82, 2.24) is 9.88 Å². The number of nitrogens with zero attached hydrogens (tertiary/aromatic N) is 2. The molecule has 5 nitrogen and oxygen atoms in total. The molecule has 0 unspecified atom stereocenters. The molecule has 5 heteroatoms. The van der Waals surface area contributed by atoms with E-state index in [-0.39, 0.29) is 5.97 Å². The molecule has 2 aromatic carbocycles. The summed E-state index contributed by atoms with van der Waals surface area (Å²) in [6.45, 7) is 5.62. The van der Waals surface area contributed by atoms with Crippen LogP contribution in [0.3, 0.4) is 0 Å². The Morgan fingerprint density at radius 1 is 1.03 bits per heavy atom. The molecule has 0 atom stereocenters. The normalized spacial score (nSPS) is 13.4. The zero-order valence-corrected chi connectivity index (χ0v) is 18.6. The topological polar surface area (TPSA) is 51.7 Å². The zero-order chi connectivity index (χ0) is 22.2. The highest BCUT2D eigenvalue weighted by atomic mass is 16.5. The lowest BCUT2D eigenvalue weighted by molar-refractivity contribution is -0.143. The molecule has 0 fully saturated rings. The molecule has 0 saturated carbocycles. The van der Waals surface area contributed by atoms with Gasteiger partial charge in [-0.15, -0.1) is 0 Å². The van der Waals surface area contributed by atoms with Crippen molar-refractivity contribution >= 4 is 5.97 Å². The van der Waals surface area contributed by atoms with Crippen LogP contribution in [0.25, 0.3) is 11.3 Å². The summed E-state index contributed by atoms with van der Waals surface area (Å²) in [6, 6.07) is 22.6. The third kappa shape index (κ3) is 5.95. The standard InChI is InChI=1S/C27H30N2O3/c1-2-31-27(30)9-6-17-29-18-16-26-23(19-29)12-15-25(28-26)22-10-13-24(14-11-22)32-20-21-7-4-3-5-8-21/h3-5,7-8,10-15H,2,6,9,16-20H2,1H3. The Morgan fingerprint density at radius 2 is 1.84 bits per heavy atom. The fourth-order valence-electron chi connectivity index (χ4n) is 3.97. The van der Waals surface area contributed by atoms with E-state index in [1.807, 2.05) is 37.3 Å². The van der Waals surface area contributed by atoms with Crippen molar-refractivity contribution in [2.45, 2.75) is 39.3 Å². The van der Waals surface area contributed by atoms with Crippen molar-refractivity contribution < 1.29 is 14.3 Å². The summed E-state index contributed by atoms with van der Waals surface area (Å²) in [5.74, 6) is 0.752. The first-order valence-electron chi connectivity index (χ1n) is 11.3. The molecule has 0 saturated heterocycles. The zero-order valence-electron chi connectivity index (χ0n) is 18.6. The van der Waals surface area contributed by atoms with Crippen molar-refractivity contribution in [3.05, 3.63) is 83.6 Å². The lowest BCUT2D eigenvalue weighted by atomic mass is 10.0. The van der Waals surface area contributed by atoms with Crippen LogP contribution in [-0.4, -0.2) is 35.5 Å². The number of benzene rings is 2. The van der Waals surface area contributed by atoms with Crippen LogP contribution in [0.15, 0.2) is 66.7 Å². The van der Waals surface area contributed by atoms with Gasteiger partial charge in [0.1, 0.15) is 12.4 Å². The Labute approximate surface area is 190 Å². The van der Waals surface area contributed by atoms with Crippen molar-refractivity contribution in [2.24, 2.45) is 0 Å². The van der Waals surface area contributed by atoms with Gasteiger partial charge in [0.25, 0.3) is 0 Å². The highest BCUT2D eigenvalue weighted by Gasteiger charge is 2.18. The minimum absolute atomic E-state index is 0.104. The second-order valence-corrected chi connectivity index (χ2v) is 8.04. The quantitative estimate of drug-likeness (QED) is 0.446. The van der Waals surface area contributed by atoms with E-state index in [9.17, 15) is 4.79 Å². The third-order valence-corrected chi connectivity index (χ3v) is 5.69. The monoisotopic (exact) mass is 430 g/mol. The molecule has 3 aromatic rings. The number of hydrogen-bond donors (Lipinski definition) is 0. The number of carbonyl (C=O) groups excluding carboxylic acids is 1. The average molecular weight is 431 g/mol. The highest BCUT2D eigenvalue weighted by molar-refractivity contribution is 5.69. The summed E-state index contributed by atoms with van der Waals surface area (Å²) in [5.41, 5.74) is 5.70. The Morgan fingerprint density at radius 3 is 2.62 bits per heavy atom. The van der Waals surface area contributed by atoms with Crippen LogP contribution in [0.2, 0.25) is 0 Å². The third-order valence-electron chi connectivity index (χ3n) is 5.69. The molecule has 0 spiro atoms. The Hall–Kier alpha value is -3.18. The largest absolute Gasteiger partial charge is 0.489 e. The van der Waals surface area contributed by atoms with Gasteiger partial charge in [0.15, 0.2) is 0 Å². The van der Waals surface area contributed by atoms with Gasteiger partial charge in [0.05, 0.1) is 12.3 Å². The first-order valence-corrected chi connectivity index (χ1v) is 11.3. The van der Waals surface area contributed by atoms with E-state index in [1.54, 1.807) is 0 Å². The number of rotatable bonds is 9. The molecule has 0 radical (unpaired) electrons. The molecule has 32 heavy (non-hydrogen) atoms. The maximum Gasteiger partial charge on any atom is 0.305 e. The van der Waals surface area contributed by atoms with Gasteiger partial charge < -0.3 is 9.47 Å². The molecular weight excluding hydrogens is 400 g/mol. The number of hydrogen-bond acceptors (Lipinski definition) is 5. The van der Waals surface area contributed by atoms with Crippen LogP contribution in [0.4, 0.5) is 0 Å². The molecular formula is C27H30N2O3. The smallest absolute Gasteiger partial charge is 0.305 e. The van der Waals surface area contributed by atoms with Crippen molar-refractivity contribution in [3.8, 4) is 17.0 Å². The molecule has 0 amide bonds. The van der Waals surface area contributed by atoms with Crippen LogP contribution in [0.5, 0.6) is 5.75 Å².